The summed E-state index contributed by atoms with van der Waals surface area (Å²) in [6, 6.07) is 0. The van der Waals surface area contributed by atoms with Crippen molar-refractivity contribution in [2.45, 2.75) is 19.3 Å². The summed E-state index contributed by atoms with van der Waals surface area (Å²) in [5.41, 5.74) is 0.861. The first-order valence-electron chi connectivity index (χ1n) is 3.55. The first-order chi connectivity index (χ1) is 5.24. The van der Waals surface area contributed by atoms with Gasteiger partial charge in [0.25, 0.3) is 0 Å². The van der Waals surface area contributed by atoms with Crippen molar-refractivity contribution in [3.63, 3.8) is 0 Å². The second kappa shape index (κ2) is 3.37. The van der Waals surface area contributed by atoms with Gasteiger partial charge in [-0.3, -0.25) is 4.79 Å². The Morgan fingerprint density at radius 1 is 1.82 bits per heavy atom. The number of rotatable bonds is 2. The van der Waals surface area contributed by atoms with Crippen LogP contribution in [0.3, 0.4) is 0 Å². The molecule has 4 heteroatoms. The largest absolute Gasteiger partial charge is 0.481 e. The average Bonchev–Trinajstić information content (AvgIpc) is 2.37. The van der Waals surface area contributed by atoms with Crippen LogP contribution < -0.4 is 0 Å². The number of nitrogens with zero attached hydrogens (tertiary/aromatic N) is 1. The lowest BCUT2D eigenvalue weighted by Gasteiger charge is -1.97. The first kappa shape index (κ1) is 8.04. The molecule has 1 aliphatic carbocycles. The lowest BCUT2D eigenvalue weighted by Crippen LogP contribution is -2.09. The Kier molecular flexibility index (Phi) is 2.46. The van der Waals surface area contributed by atoms with Gasteiger partial charge in [0, 0.05) is 6.42 Å². The molecule has 1 unspecified atom stereocenters. The molecule has 11 heavy (non-hydrogen) atoms. The lowest BCUT2D eigenvalue weighted by molar-refractivity contribution is -0.141. The zero-order valence-electron chi connectivity index (χ0n) is 6.41. The Balaban J connectivity index is 2.47. The molecule has 1 saturated carbocycles. The Hall–Kier alpha value is -1.06. The smallest absolute Gasteiger partial charge is 0.306 e. The molecule has 1 aliphatic rings. The highest BCUT2D eigenvalue weighted by Gasteiger charge is 2.26. The van der Waals surface area contributed by atoms with Crippen molar-refractivity contribution in [2.24, 2.45) is 11.1 Å². The van der Waals surface area contributed by atoms with E-state index in [1.54, 1.807) is 0 Å². The van der Waals surface area contributed by atoms with Crippen molar-refractivity contribution in [3.8, 4) is 0 Å². The molecular weight excluding hydrogens is 146 g/mol. The molecule has 0 aromatic rings. The molecular formula is C7H11NO3. The molecule has 1 N–H and O–H groups in total. The van der Waals surface area contributed by atoms with E-state index in [2.05, 4.69) is 9.99 Å². The maximum atomic E-state index is 10.5. The molecule has 1 fully saturated rings. The molecule has 0 saturated heterocycles. The highest BCUT2D eigenvalue weighted by molar-refractivity contribution is 5.90. The maximum Gasteiger partial charge on any atom is 0.306 e. The third-order valence-corrected chi connectivity index (χ3v) is 1.83. The van der Waals surface area contributed by atoms with Gasteiger partial charge in [-0.25, -0.2) is 0 Å². The van der Waals surface area contributed by atoms with Gasteiger partial charge in [-0.15, -0.1) is 0 Å². The molecule has 0 spiro atoms. The van der Waals surface area contributed by atoms with E-state index in [1.807, 2.05) is 0 Å². The third kappa shape index (κ3) is 1.93. The van der Waals surface area contributed by atoms with Crippen LogP contribution in [0.5, 0.6) is 0 Å². The summed E-state index contributed by atoms with van der Waals surface area (Å²) >= 11 is 0. The normalized spacial score (nSPS) is 27.4. The monoisotopic (exact) mass is 157 g/mol. The van der Waals surface area contributed by atoms with Gasteiger partial charge in [-0.1, -0.05) is 5.16 Å². The number of hydrogen-bond acceptors (Lipinski definition) is 3. The van der Waals surface area contributed by atoms with Gasteiger partial charge < -0.3 is 9.94 Å². The minimum absolute atomic E-state index is 0.246. The standard InChI is InChI=1S/C7H11NO3/c1-11-8-6-3-2-5(4-6)7(9)10/h5H,2-4H2,1H3,(H,9,10)/b8-6-. The van der Waals surface area contributed by atoms with Gasteiger partial charge in [0.2, 0.25) is 0 Å². The van der Waals surface area contributed by atoms with E-state index < -0.39 is 5.97 Å². The number of oxime groups is 1. The SMILES string of the molecule is CO/N=C1/CCC(C(=O)O)C1. The number of carbonyl (C=O) groups is 1. The zero-order valence-corrected chi connectivity index (χ0v) is 6.41. The predicted octanol–water partition coefficient (Wildman–Crippen LogP) is 0.874. The van der Waals surface area contributed by atoms with Gasteiger partial charge in [-0.2, -0.15) is 0 Å². The van der Waals surface area contributed by atoms with Crippen molar-refractivity contribution >= 4 is 11.7 Å². The van der Waals surface area contributed by atoms with E-state index in [1.165, 1.54) is 7.11 Å². The van der Waals surface area contributed by atoms with Crippen LogP contribution in [0.25, 0.3) is 0 Å². The van der Waals surface area contributed by atoms with Gasteiger partial charge in [0.1, 0.15) is 7.11 Å². The van der Waals surface area contributed by atoms with E-state index in [0.29, 0.717) is 12.8 Å². The van der Waals surface area contributed by atoms with E-state index in [9.17, 15) is 4.79 Å². The van der Waals surface area contributed by atoms with Gasteiger partial charge in [-0.05, 0) is 12.8 Å². The van der Waals surface area contributed by atoms with Crippen molar-refractivity contribution in [1.82, 2.24) is 0 Å². The van der Waals surface area contributed by atoms with E-state index in [0.717, 1.165) is 12.1 Å². The van der Waals surface area contributed by atoms with E-state index in [4.69, 9.17) is 5.11 Å². The van der Waals surface area contributed by atoms with Gasteiger partial charge in [0.15, 0.2) is 0 Å². The quantitative estimate of drug-likeness (QED) is 0.605. The molecule has 0 radical (unpaired) electrons. The van der Waals surface area contributed by atoms with Gasteiger partial charge in [0.05, 0.1) is 11.6 Å². The van der Waals surface area contributed by atoms with Crippen molar-refractivity contribution < 1.29 is 14.7 Å². The van der Waals surface area contributed by atoms with Crippen LogP contribution in [0.15, 0.2) is 5.16 Å². The van der Waals surface area contributed by atoms with Crippen LogP contribution in [0.2, 0.25) is 0 Å². The van der Waals surface area contributed by atoms with Crippen LogP contribution in [0, 0.1) is 5.92 Å². The topological polar surface area (TPSA) is 58.9 Å². The molecule has 0 bridgehead atoms. The van der Waals surface area contributed by atoms with Crippen LogP contribution >= 0.6 is 0 Å². The second-order valence-corrected chi connectivity index (χ2v) is 2.62. The van der Waals surface area contributed by atoms with Crippen molar-refractivity contribution in [3.05, 3.63) is 0 Å². The second-order valence-electron chi connectivity index (χ2n) is 2.62. The highest BCUT2D eigenvalue weighted by atomic mass is 16.6. The maximum absolute atomic E-state index is 10.5. The van der Waals surface area contributed by atoms with E-state index in [-0.39, 0.29) is 5.92 Å². The number of hydrogen-bond donors (Lipinski definition) is 1. The summed E-state index contributed by atoms with van der Waals surface area (Å²) in [5, 5.41) is 12.3. The Bertz CT molecular complexity index is 188. The Labute approximate surface area is 64.8 Å². The summed E-state index contributed by atoms with van der Waals surface area (Å²) in [5.74, 6) is -0.977. The molecule has 0 amide bonds. The number of aliphatic carboxylic acids is 1. The summed E-state index contributed by atoms with van der Waals surface area (Å²) in [6.07, 6.45) is 1.99. The molecule has 0 aliphatic heterocycles. The molecule has 0 heterocycles. The zero-order chi connectivity index (χ0) is 8.27. The summed E-state index contributed by atoms with van der Waals surface area (Å²) in [6.45, 7) is 0. The van der Waals surface area contributed by atoms with Crippen molar-refractivity contribution in [1.29, 1.82) is 0 Å². The fraction of sp³-hybridized carbons (Fsp3) is 0.714. The summed E-state index contributed by atoms with van der Waals surface area (Å²) < 4.78 is 0. The van der Waals surface area contributed by atoms with Crippen LogP contribution in [-0.4, -0.2) is 23.9 Å². The molecule has 1 atom stereocenters. The highest BCUT2D eigenvalue weighted by Crippen LogP contribution is 2.22. The number of carboxylic acid groups (broad SMARTS) is 1. The lowest BCUT2D eigenvalue weighted by atomic mass is 10.1. The molecule has 1 rings (SSSR count). The van der Waals surface area contributed by atoms with Gasteiger partial charge >= 0.3 is 5.97 Å². The Morgan fingerprint density at radius 2 is 2.55 bits per heavy atom. The van der Waals surface area contributed by atoms with Crippen molar-refractivity contribution in [2.75, 3.05) is 7.11 Å². The predicted molar refractivity (Wildman–Crippen MR) is 39.4 cm³/mol. The molecule has 0 aromatic carbocycles. The summed E-state index contributed by atoms with van der Waals surface area (Å²) in [7, 11) is 1.47. The average molecular weight is 157 g/mol. The fourth-order valence-electron chi connectivity index (χ4n) is 1.25. The first-order valence-corrected chi connectivity index (χ1v) is 3.55. The molecule has 0 aromatic heterocycles. The molecule has 4 nitrogen and oxygen atoms in total. The third-order valence-electron chi connectivity index (χ3n) is 1.83. The van der Waals surface area contributed by atoms with Crippen LogP contribution in [0.1, 0.15) is 19.3 Å². The Morgan fingerprint density at radius 3 is 3.00 bits per heavy atom. The van der Waals surface area contributed by atoms with Crippen LogP contribution in [-0.2, 0) is 9.63 Å². The fourth-order valence-corrected chi connectivity index (χ4v) is 1.25. The molecule has 62 valence electrons. The van der Waals surface area contributed by atoms with Crippen LogP contribution in [0.4, 0.5) is 0 Å². The minimum Gasteiger partial charge on any atom is -0.481 e. The van der Waals surface area contributed by atoms with E-state index >= 15 is 0 Å². The number of carboxylic acids is 1. The summed E-state index contributed by atoms with van der Waals surface area (Å²) in [4.78, 5) is 15.0. The minimum atomic E-state index is -0.730.